The van der Waals surface area contributed by atoms with Crippen LogP contribution in [0.2, 0.25) is 5.02 Å². The predicted octanol–water partition coefficient (Wildman–Crippen LogP) is 5.02. The molecule has 16 heteroatoms. The second-order valence-corrected chi connectivity index (χ2v) is 12.3. The number of nitrogens with zero attached hydrogens (tertiary/aromatic N) is 6. The number of ether oxygens (including phenoxy) is 2. The molecule has 5 aromatic rings. The Morgan fingerprint density at radius 2 is 1.93 bits per heavy atom. The molecule has 5 heterocycles. The van der Waals surface area contributed by atoms with E-state index in [2.05, 4.69) is 15.1 Å². The number of benzene rings is 1. The summed E-state index contributed by atoms with van der Waals surface area (Å²) in [4.78, 5) is 8.60. The number of hydrogen-bond donors (Lipinski definition) is 2. The number of alkyl halides is 2. The Balaban J connectivity index is 1.41. The molecule has 0 amide bonds. The second kappa shape index (κ2) is 12.0. The van der Waals surface area contributed by atoms with Gasteiger partial charge in [0.25, 0.3) is 10.0 Å². The fourth-order valence-corrected chi connectivity index (χ4v) is 5.77. The zero-order chi connectivity index (χ0) is 31.0. The van der Waals surface area contributed by atoms with Gasteiger partial charge < -0.3 is 15.2 Å². The first-order valence-electron chi connectivity index (χ1n) is 13.5. The molecule has 3 N–H and O–H groups in total. The number of aromatic nitrogens is 6. The Labute approximate surface area is 255 Å². The Morgan fingerprint density at radius 3 is 2.66 bits per heavy atom. The summed E-state index contributed by atoms with van der Waals surface area (Å²) >= 11 is 5.91. The average molecular weight is 645 g/mol. The van der Waals surface area contributed by atoms with E-state index in [-0.39, 0.29) is 29.9 Å². The van der Waals surface area contributed by atoms with Crippen LogP contribution in [0.25, 0.3) is 33.3 Å². The van der Waals surface area contributed by atoms with Gasteiger partial charge in [0, 0.05) is 55.5 Å². The van der Waals surface area contributed by atoms with Crippen LogP contribution in [0.15, 0.2) is 55.1 Å². The highest BCUT2D eigenvalue weighted by Crippen LogP contribution is 2.39. The number of halogens is 3. The van der Waals surface area contributed by atoms with Crippen molar-refractivity contribution in [2.75, 3.05) is 23.7 Å². The van der Waals surface area contributed by atoms with Crippen molar-refractivity contribution >= 4 is 44.0 Å². The first-order valence-corrected chi connectivity index (χ1v) is 15.4. The minimum Gasteiger partial charge on any atom is -0.485 e. The summed E-state index contributed by atoms with van der Waals surface area (Å²) in [6.45, 7) is 1.27. The lowest BCUT2D eigenvalue weighted by Crippen LogP contribution is -2.21. The summed E-state index contributed by atoms with van der Waals surface area (Å²) in [7, 11) is -3.21. The maximum atomic E-state index is 13.2. The summed E-state index contributed by atoms with van der Waals surface area (Å²) in [5.74, 6) is -3.45. The highest BCUT2D eigenvalue weighted by atomic mass is 35.5. The van der Waals surface area contributed by atoms with Crippen molar-refractivity contribution in [3.8, 4) is 28.1 Å². The molecule has 1 aliphatic rings. The van der Waals surface area contributed by atoms with Gasteiger partial charge in [-0.3, -0.25) is 19.1 Å². The number of anilines is 2. The van der Waals surface area contributed by atoms with Gasteiger partial charge in [-0.05, 0) is 37.1 Å². The third-order valence-corrected chi connectivity index (χ3v) is 8.47. The van der Waals surface area contributed by atoms with Gasteiger partial charge >= 0.3 is 5.76 Å². The maximum absolute atomic E-state index is 13.2. The number of nitrogens with one attached hydrogen (secondary N) is 1. The quantitative estimate of drug-likeness (QED) is 0.225. The molecule has 230 valence electrons. The first kappa shape index (κ1) is 29.7. The predicted molar refractivity (Wildman–Crippen MR) is 161 cm³/mol. The van der Waals surface area contributed by atoms with Crippen molar-refractivity contribution in [1.82, 2.24) is 29.5 Å². The van der Waals surface area contributed by atoms with Gasteiger partial charge in [-0.15, -0.1) is 0 Å². The fraction of sp³-hybridized carbons (Fsp3) is 0.286. The van der Waals surface area contributed by atoms with Crippen LogP contribution in [0, 0.1) is 0 Å². The van der Waals surface area contributed by atoms with Crippen LogP contribution in [0.3, 0.4) is 0 Å². The Morgan fingerprint density at radius 1 is 1.14 bits per heavy atom. The topological polar surface area (TPSA) is 152 Å². The van der Waals surface area contributed by atoms with Crippen LogP contribution in [-0.4, -0.2) is 56.9 Å². The molecule has 0 saturated carbocycles. The largest absolute Gasteiger partial charge is 0.485 e. The molecule has 0 radical (unpaired) electrons. The third kappa shape index (κ3) is 5.89. The summed E-state index contributed by atoms with van der Waals surface area (Å²) in [5.41, 5.74) is 9.90. The van der Waals surface area contributed by atoms with E-state index in [4.69, 9.17) is 31.9 Å². The minimum atomic E-state index is -4.98. The molecule has 1 aromatic carbocycles. The molecule has 4 aromatic heterocycles. The van der Waals surface area contributed by atoms with Gasteiger partial charge in [0.05, 0.1) is 39.5 Å². The average Bonchev–Trinajstić information content (AvgIpc) is 3.64. The summed E-state index contributed by atoms with van der Waals surface area (Å²) in [6, 6.07) is 7.83. The van der Waals surface area contributed by atoms with Crippen LogP contribution in [-0.2, 0) is 28.4 Å². The van der Waals surface area contributed by atoms with Crippen LogP contribution in [0.4, 0.5) is 20.3 Å². The van der Waals surface area contributed by atoms with Crippen molar-refractivity contribution in [1.29, 1.82) is 0 Å². The number of hydrogen-bond acceptors (Lipinski definition) is 9. The number of pyridine rings is 2. The molecule has 0 unspecified atom stereocenters. The van der Waals surface area contributed by atoms with Gasteiger partial charge in [0.15, 0.2) is 0 Å². The van der Waals surface area contributed by atoms with E-state index in [1.54, 1.807) is 36.3 Å². The number of aryl methyl sites for hydroxylation is 1. The van der Waals surface area contributed by atoms with Crippen LogP contribution < -0.4 is 15.2 Å². The minimum absolute atomic E-state index is 0.0253. The fourth-order valence-electron chi connectivity index (χ4n) is 5.09. The van der Waals surface area contributed by atoms with E-state index >= 15 is 0 Å². The highest BCUT2D eigenvalue weighted by Gasteiger charge is 2.26. The molecule has 1 fully saturated rings. The van der Waals surface area contributed by atoms with Crippen LogP contribution >= 0.6 is 11.6 Å². The van der Waals surface area contributed by atoms with Crippen molar-refractivity contribution in [2.45, 2.75) is 31.2 Å². The standard InChI is InChI=1S/C28H27ClF2N8O4S/c1-38-26-21(17-11-35-39(14-17)20-6-8-42-9-7-20)13-34-27(32)24(26)25(36-38)16-2-5-22(37-44(40,41)28(30)31)23(10-16)43-15-19-4-3-18(29)12-33-19/h2-5,10-14,20,28,37H,6-9,15H2,1H3,(H2,32,34). The van der Waals surface area contributed by atoms with E-state index < -0.39 is 15.8 Å². The van der Waals surface area contributed by atoms with E-state index in [0.717, 1.165) is 24.0 Å². The molecule has 0 aliphatic carbocycles. The normalized spacial score (nSPS) is 14.4. The van der Waals surface area contributed by atoms with Gasteiger partial charge in [-0.25, -0.2) is 13.4 Å². The van der Waals surface area contributed by atoms with Crippen LogP contribution in [0.5, 0.6) is 5.75 Å². The first-order chi connectivity index (χ1) is 21.1. The van der Waals surface area contributed by atoms with Crippen molar-refractivity contribution in [3.05, 3.63) is 65.8 Å². The molecular formula is C28H27ClF2N8O4S. The van der Waals surface area contributed by atoms with Gasteiger partial charge in [0.1, 0.15) is 23.9 Å². The van der Waals surface area contributed by atoms with E-state index in [1.807, 2.05) is 15.6 Å². The van der Waals surface area contributed by atoms with Gasteiger partial charge in [-0.2, -0.15) is 19.0 Å². The number of sulfonamides is 1. The molecule has 1 saturated heterocycles. The molecule has 0 atom stereocenters. The molecule has 0 bridgehead atoms. The molecule has 0 spiro atoms. The molecule has 44 heavy (non-hydrogen) atoms. The lowest BCUT2D eigenvalue weighted by Gasteiger charge is -2.22. The van der Waals surface area contributed by atoms with Gasteiger partial charge in [0.2, 0.25) is 0 Å². The van der Waals surface area contributed by atoms with Crippen molar-refractivity contribution in [3.63, 3.8) is 0 Å². The Bertz CT molecular complexity index is 1930. The lowest BCUT2D eigenvalue weighted by atomic mass is 10.0. The summed E-state index contributed by atoms with van der Waals surface area (Å²) in [6.07, 6.45) is 8.58. The Hall–Kier alpha value is -4.34. The number of nitrogens with two attached hydrogens (primary N) is 1. The smallest absolute Gasteiger partial charge is 0.355 e. The van der Waals surface area contributed by atoms with Crippen molar-refractivity contribution < 1.29 is 26.7 Å². The summed E-state index contributed by atoms with van der Waals surface area (Å²) in [5, 5.41) is 10.3. The van der Waals surface area contributed by atoms with Gasteiger partial charge in [-0.1, -0.05) is 17.7 Å². The molecular weight excluding hydrogens is 618 g/mol. The van der Waals surface area contributed by atoms with Crippen molar-refractivity contribution in [2.24, 2.45) is 7.05 Å². The van der Waals surface area contributed by atoms with E-state index in [1.165, 1.54) is 24.4 Å². The lowest BCUT2D eigenvalue weighted by molar-refractivity contribution is 0.0662. The number of fused-ring (bicyclic) bond motifs is 1. The number of nitrogen functional groups attached to an aromatic ring is 1. The maximum Gasteiger partial charge on any atom is 0.355 e. The monoisotopic (exact) mass is 644 g/mol. The Kier molecular flexibility index (Phi) is 8.09. The third-order valence-electron chi connectivity index (χ3n) is 7.27. The van der Waals surface area contributed by atoms with E-state index in [0.29, 0.717) is 46.1 Å². The second-order valence-electron chi connectivity index (χ2n) is 10.2. The van der Waals surface area contributed by atoms with E-state index in [9.17, 15) is 17.2 Å². The highest BCUT2D eigenvalue weighted by molar-refractivity contribution is 7.93. The zero-order valence-electron chi connectivity index (χ0n) is 23.3. The zero-order valence-corrected chi connectivity index (χ0v) is 24.9. The molecule has 6 rings (SSSR count). The molecule has 1 aliphatic heterocycles. The summed E-state index contributed by atoms with van der Waals surface area (Å²) < 4.78 is 67.3. The molecule has 12 nitrogen and oxygen atoms in total. The van der Waals surface area contributed by atoms with Crippen LogP contribution in [0.1, 0.15) is 24.6 Å². The number of rotatable bonds is 9. The SMILES string of the molecule is Cn1nc(-c2ccc(NS(=O)(=O)C(F)F)c(OCc3ccc(Cl)cn3)c2)c2c(N)ncc(-c3cnn(C4CCOCC4)c3)c21.